The van der Waals surface area contributed by atoms with Crippen LogP contribution in [0, 0.1) is 10.1 Å². The molecule has 1 unspecified atom stereocenters. The van der Waals surface area contributed by atoms with E-state index in [0.29, 0.717) is 12.1 Å². The Bertz CT molecular complexity index is 602. The molecular weight excluding hydrogens is 352 g/mol. The largest absolute Gasteiger partial charge is 0.305 e. The zero-order chi connectivity index (χ0) is 15.2. The number of benzene rings is 1. The van der Waals surface area contributed by atoms with Crippen LogP contribution in [0.4, 0.5) is 5.69 Å². The maximum Gasteiger partial charge on any atom is 0.275 e. The summed E-state index contributed by atoms with van der Waals surface area (Å²) < 4.78 is 0.723. The Morgan fingerprint density at radius 1 is 1.43 bits per heavy atom. The molecule has 2 rings (SSSR count). The van der Waals surface area contributed by atoms with Gasteiger partial charge in [0, 0.05) is 33.6 Å². The van der Waals surface area contributed by atoms with Gasteiger partial charge in [0.2, 0.25) is 0 Å². The van der Waals surface area contributed by atoms with E-state index in [4.69, 9.17) is 0 Å². The summed E-state index contributed by atoms with van der Waals surface area (Å²) in [5.41, 5.74) is 0.860. The minimum Gasteiger partial charge on any atom is -0.305 e. The van der Waals surface area contributed by atoms with E-state index < -0.39 is 0 Å². The van der Waals surface area contributed by atoms with Gasteiger partial charge in [0.25, 0.3) is 5.69 Å². The third-order valence-electron chi connectivity index (χ3n) is 3.25. The summed E-state index contributed by atoms with van der Waals surface area (Å²) in [5.74, 6) is 0. The maximum atomic E-state index is 11.1. The van der Waals surface area contributed by atoms with E-state index in [1.54, 1.807) is 23.5 Å². The first-order valence-corrected chi connectivity index (χ1v) is 8.48. The smallest absolute Gasteiger partial charge is 0.275 e. The van der Waals surface area contributed by atoms with Gasteiger partial charge in [-0.05, 0) is 30.0 Å². The van der Waals surface area contributed by atoms with Gasteiger partial charge in [-0.3, -0.25) is 10.1 Å². The highest BCUT2D eigenvalue weighted by Crippen LogP contribution is 2.27. The molecule has 0 aliphatic carbocycles. The van der Waals surface area contributed by atoms with Gasteiger partial charge >= 0.3 is 0 Å². The predicted molar refractivity (Wildman–Crippen MR) is 89.6 cm³/mol. The molecule has 1 atom stereocenters. The van der Waals surface area contributed by atoms with Gasteiger partial charge in [-0.25, -0.2) is 0 Å². The number of nitro benzene ring substituents is 1. The molecule has 1 aromatic heterocycles. The average Bonchev–Trinajstić information content (AvgIpc) is 2.98. The number of nitrogens with zero attached hydrogens (tertiary/aromatic N) is 1. The van der Waals surface area contributed by atoms with Crippen LogP contribution in [-0.2, 0) is 6.54 Å². The maximum absolute atomic E-state index is 11.1. The van der Waals surface area contributed by atoms with E-state index in [2.05, 4.69) is 39.6 Å². The Morgan fingerprint density at radius 2 is 2.24 bits per heavy atom. The lowest BCUT2D eigenvalue weighted by Crippen LogP contribution is -2.20. The van der Waals surface area contributed by atoms with Crippen LogP contribution >= 0.6 is 27.3 Å². The minimum absolute atomic E-state index is 0.151. The number of hydrogen-bond acceptors (Lipinski definition) is 4. The first-order valence-electron chi connectivity index (χ1n) is 6.81. The number of halogens is 1. The van der Waals surface area contributed by atoms with Gasteiger partial charge < -0.3 is 5.32 Å². The van der Waals surface area contributed by atoms with Crippen LogP contribution in [0.1, 0.15) is 36.2 Å². The summed E-state index contributed by atoms with van der Waals surface area (Å²) >= 11 is 4.99. The van der Waals surface area contributed by atoms with Gasteiger partial charge in [-0.1, -0.05) is 35.3 Å². The second-order valence-corrected chi connectivity index (χ2v) is 6.66. The Kier molecular flexibility index (Phi) is 5.90. The van der Waals surface area contributed by atoms with Gasteiger partial charge in [0.05, 0.1) is 4.92 Å². The molecule has 0 radical (unpaired) electrons. The summed E-state index contributed by atoms with van der Waals surface area (Å²) in [6, 6.07) is 9.58. The molecule has 1 aromatic carbocycles. The molecular formula is C15H17BrN2O2S. The standard InChI is InChI=1S/C15H17BrN2O2S/c1-2-4-13(15-5-3-8-21-15)17-10-11-6-7-12(16)9-14(11)18(19)20/h3,5-9,13,17H,2,4,10H2,1H3. The number of hydrogen-bond donors (Lipinski definition) is 1. The third-order valence-corrected chi connectivity index (χ3v) is 4.73. The van der Waals surface area contributed by atoms with E-state index in [9.17, 15) is 10.1 Å². The molecule has 2 aromatic rings. The summed E-state index contributed by atoms with van der Waals surface area (Å²) in [4.78, 5) is 12.1. The topological polar surface area (TPSA) is 55.2 Å². The fourth-order valence-corrected chi connectivity index (χ4v) is 3.40. The molecule has 0 aliphatic heterocycles. The number of rotatable bonds is 7. The monoisotopic (exact) mass is 368 g/mol. The molecule has 0 aliphatic rings. The molecule has 0 saturated carbocycles. The van der Waals surface area contributed by atoms with Crippen molar-refractivity contribution in [3.63, 3.8) is 0 Å². The Morgan fingerprint density at radius 3 is 2.86 bits per heavy atom. The van der Waals surface area contributed by atoms with Crippen molar-refractivity contribution in [2.45, 2.75) is 32.4 Å². The highest BCUT2D eigenvalue weighted by molar-refractivity contribution is 9.10. The Balaban J connectivity index is 2.12. The first kappa shape index (κ1) is 16.1. The lowest BCUT2D eigenvalue weighted by molar-refractivity contribution is -0.385. The third kappa shape index (κ3) is 4.36. The van der Waals surface area contributed by atoms with Crippen molar-refractivity contribution in [3.05, 3.63) is 60.7 Å². The van der Waals surface area contributed by atoms with Crippen LogP contribution in [-0.4, -0.2) is 4.92 Å². The molecule has 112 valence electrons. The number of nitrogens with one attached hydrogen (secondary N) is 1. The normalized spacial score (nSPS) is 12.3. The molecule has 21 heavy (non-hydrogen) atoms. The van der Waals surface area contributed by atoms with E-state index in [1.807, 2.05) is 12.1 Å². The van der Waals surface area contributed by atoms with Crippen LogP contribution in [0.25, 0.3) is 0 Å². The van der Waals surface area contributed by atoms with Gasteiger partial charge in [0.1, 0.15) is 0 Å². The predicted octanol–water partition coefficient (Wildman–Crippen LogP) is 5.05. The first-order chi connectivity index (χ1) is 10.1. The SMILES string of the molecule is CCCC(NCc1ccc(Br)cc1[N+](=O)[O-])c1cccs1. The molecule has 0 fully saturated rings. The highest BCUT2D eigenvalue weighted by Gasteiger charge is 2.16. The fraction of sp³-hybridized carbons (Fsp3) is 0.333. The average molecular weight is 369 g/mol. The number of thiophene rings is 1. The van der Waals surface area contributed by atoms with E-state index in [1.165, 1.54) is 4.88 Å². The molecule has 4 nitrogen and oxygen atoms in total. The van der Waals surface area contributed by atoms with Crippen molar-refractivity contribution in [1.29, 1.82) is 0 Å². The number of nitro groups is 1. The second kappa shape index (κ2) is 7.68. The van der Waals surface area contributed by atoms with E-state index in [0.717, 1.165) is 17.3 Å². The van der Waals surface area contributed by atoms with Gasteiger partial charge in [-0.2, -0.15) is 0 Å². The van der Waals surface area contributed by atoms with Crippen molar-refractivity contribution < 1.29 is 4.92 Å². The second-order valence-electron chi connectivity index (χ2n) is 4.77. The van der Waals surface area contributed by atoms with Crippen molar-refractivity contribution >= 4 is 33.0 Å². The Labute approximate surface area is 136 Å². The lowest BCUT2D eigenvalue weighted by atomic mass is 10.1. The molecule has 0 saturated heterocycles. The van der Waals surface area contributed by atoms with Crippen LogP contribution in [0.5, 0.6) is 0 Å². The minimum atomic E-state index is -0.332. The lowest BCUT2D eigenvalue weighted by Gasteiger charge is -2.16. The van der Waals surface area contributed by atoms with Crippen molar-refractivity contribution in [3.8, 4) is 0 Å². The summed E-state index contributed by atoms with van der Waals surface area (Å²) in [6.45, 7) is 2.64. The van der Waals surface area contributed by atoms with Crippen LogP contribution in [0.3, 0.4) is 0 Å². The molecule has 1 heterocycles. The zero-order valence-electron chi connectivity index (χ0n) is 11.7. The quantitative estimate of drug-likeness (QED) is 0.549. The van der Waals surface area contributed by atoms with Gasteiger partial charge in [-0.15, -0.1) is 11.3 Å². The van der Waals surface area contributed by atoms with Crippen molar-refractivity contribution in [1.82, 2.24) is 5.32 Å². The van der Waals surface area contributed by atoms with Gasteiger partial charge in [0.15, 0.2) is 0 Å². The Hall–Kier alpha value is -1.24. The molecule has 1 N–H and O–H groups in total. The summed E-state index contributed by atoms with van der Waals surface area (Å²) in [7, 11) is 0. The fourth-order valence-electron chi connectivity index (χ4n) is 2.21. The molecule has 0 bridgehead atoms. The van der Waals surface area contributed by atoms with Crippen LogP contribution < -0.4 is 5.32 Å². The van der Waals surface area contributed by atoms with Crippen molar-refractivity contribution in [2.24, 2.45) is 0 Å². The summed E-state index contributed by atoms with van der Waals surface area (Å²) in [6.07, 6.45) is 2.09. The van der Waals surface area contributed by atoms with Crippen molar-refractivity contribution in [2.75, 3.05) is 0 Å². The van der Waals surface area contributed by atoms with Crippen LogP contribution in [0.2, 0.25) is 0 Å². The van der Waals surface area contributed by atoms with E-state index >= 15 is 0 Å². The highest BCUT2D eigenvalue weighted by atomic mass is 79.9. The van der Waals surface area contributed by atoms with E-state index in [-0.39, 0.29) is 16.7 Å². The zero-order valence-corrected chi connectivity index (χ0v) is 14.1. The summed E-state index contributed by atoms with van der Waals surface area (Å²) in [5, 5.41) is 16.6. The van der Waals surface area contributed by atoms with Crippen LogP contribution in [0.15, 0.2) is 40.2 Å². The molecule has 6 heteroatoms. The molecule has 0 spiro atoms. The molecule has 0 amide bonds.